The Kier molecular flexibility index (Phi) is 6.00. The lowest BCUT2D eigenvalue weighted by Crippen LogP contribution is -2.48. The molecule has 13 heteroatoms. The molecule has 11 nitrogen and oxygen atoms in total. The van der Waals surface area contributed by atoms with Gasteiger partial charge < -0.3 is 15.2 Å². The largest absolute Gasteiger partial charge is 0.364 e. The Morgan fingerprint density at radius 3 is 2.03 bits per heavy atom. The number of carbonyl (C=O) groups is 1. The number of amides is 1. The van der Waals surface area contributed by atoms with Crippen molar-refractivity contribution in [3.8, 4) is 0 Å². The highest BCUT2D eigenvalue weighted by Crippen LogP contribution is 2.24. The van der Waals surface area contributed by atoms with E-state index >= 15 is 0 Å². The van der Waals surface area contributed by atoms with Crippen LogP contribution in [0.5, 0.6) is 0 Å². The average Bonchev–Trinajstić information content (AvgIpc) is 3.45. The molecule has 2 aliphatic rings. The van der Waals surface area contributed by atoms with Gasteiger partial charge in [0.1, 0.15) is 21.3 Å². The van der Waals surface area contributed by atoms with Gasteiger partial charge in [-0.3, -0.25) is 4.79 Å². The van der Waals surface area contributed by atoms with Crippen LogP contribution in [0.2, 0.25) is 0 Å². The standard InChI is InChI=1S/C19H26N6O5S2/c1-22-14-16(12-17(22)19(20)26)32(29,30)25-10-8-23(9-11-25)18-5-4-15(13-21-18)31(27,28)24-6-2-3-7-24/h4-5,12-14H,2-3,6-11H2,1H3,(H2,20,26). The van der Waals surface area contributed by atoms with Gasteiger partial charge in [-0.25, -0.2) is 21.8 Å². The van der Waals surface area contributed by atoms with E-state index in [4.69, 9.17) is 5.73 Å². The van der Waals surface area contributed by atoms with Crippen molar-refractivity contribution in [2.45, 2.75) is 22.6 Å². The van der Waals surface area contributed by atoms with E-state index in [1.807, 2.05) is 4.90 Å². The molecule has 0 aromatic carbocycles. The third-order valence-electron chi connectivity index (χ3n) is 5.86. The summed E-state index contributed by atoms with van der Waals surface area (Å²) < 4.78 is 55.4. The normalized spacial score (nSPS) is 18.8. The predicted molar refractivity (Wildman–Crippen MR) is 117 cm³/mol. The molecule has 174 valence electrons. The lowest BCUT2D eigenvalue weighted by Gasteiger charge is -2.34. The van der Waals surface area contributed by atoms with Crippen molar-refractivity contribution in [2.24, 2.45) is 12.8 Å². The zero-order valence-electron chi connectivity index (χ0n) is 17.7. The first-order valence-corrected chi connectivity index (χ1v) is 13.2. The minimum Gasteiger partial charge on any atom is -0.364 e. The highest BCUT2D eigenvalue weighted by molar-refractivity contribution is 7.89. The van der Waals surface area contributed by atoms with Crippen molar-refractivity contribution >= 4 is 31.8 Å². The van der Waals surface area contributed by atoms with Crippen molar-refractivity contribution in [1.82, 2.24) is 18.2 Å². The summed E-state index contributed by atoms with van der Waals surface area (Å²) in [4.78, 5) is 17.9. The van der Waals surface area contributed by atoms with Gasteiger partial charge in [0.25, 0.3) is 5.91 Å². The predicted octanol–water partition coefficient (Wildman–Crippen LogP) is -0.186. The minimum absolute atomic E-state index is 0.0249. The monoisotopic (exact) mass is 482 g/mol. The average molecular weight is 483 g/mol. The SMILES string of the molecule is Cn1cc(S(=O)(=O)N2CCN(c3ccc(S(=O)(=O)N4CCCC4)cn3)CC2)cc1C(N)=O. The van der Waals surface area contributed by atoms with Crippen molar-refractivity contribution < 1.29 is 21.6 Å². The van der Waals surface area contributed by atoms with E-state index < -0.39 is 26.0 Å². The van der Waals surface area contributed by atoms with Crippen LogP contribution in [-0.2, 0) is 27.1 Å². The molecule has 0 bridgehead atoms. The molecule has 0 unspecified atom stereocenters. The molecule has 0 spiro atoms. The molecule has 0 aliphatic carbocycles. The zero-order chi connectivity index (χ0) is 23.1. The van der Waals surface area contributed by atoms with Gasteiger partial charge in [-0.2, -0.15) is 8.61 Å². The molecule has 32 heavy (non-hydrogen) atoms. The van der Waals surface area contributed by atoms with Crippen LogP contribution in [0.15, 0.2) is 40.4 Å². The van der Waals surface area contributed by atoms with Crippen molar-refractivity contribution in [1.29, 1.82) is 0 Å². The van der Waals surface area contributed by atoms with E-state index in [2.05, 4.69) is 4.98 Å². The van der Waals surface area contributed by atoms with E-state index in [1.54, 1.807) is 19.2 Å². The molecule has 4 rings (SSSR count). The minimum atomic E-state index is -3.77. The third-order valence-corrected chi connectivity index (χ3v) is 9.60. The smallest absolute Gasteiger partial charge is 0.265 e. The van der Waals surface area contributed by atoms with Crippen LogP contribution in [0.4, 0.5) is 5.82 Å². The fraction of sp³-hybridized carbons (Fsp3) is 0.474. The van der Waals surface area contributed by atoms with E-state index in [0.717, 1.165) is 12.8 Å². The number of piperazine rings is 1. The van der Waals surface area contributed by atoms with Gasteiger partial charge in [-0.15, -0.1) is 0 Å². The Morgan fingerprint density at radius 1 is 0.906 bits per heavy atom. The van der Waals surface area contributed by atoms with Gasteiger partial charge >= 0.3 is 0 Å². The second-order valence-electron chi connectivity index (χ2n) is 7.89. The van der Waals surface area contributed by atoms with Crippen molar-refractivity contribution in [3.05, 3.63) is 36.3 Å². The first-order chi connectivity index (χ1) is 15.1. The Labute approximate surface area is 187 Å². The maximum atomic E-state index is 13.0. The quantitative estimate of drug-likeness (QED) is 0.602. The molecule has 0 saturated carbocycles. The van der Waals surface area contributed by atoms with Gasteiger partial charge in [0, 0.05) is 58.7 Å². The molecule has 4 heterocycles. The summed E-state index contributed by atoms with van der Waals surface area (Å²) in [6, 6.07) is 4.49. The number of hydrogen-bond donors (Lipinski definition) is 1. The first kappa shape index (κ1) is 22.7. The van der Waals surface area contributed by atoms with Gasteiger partial charge in [-0.1, -0.05) is 0 Å². The summed E-state index contributed by atoms with van der Waals surface area (Å²) in [7, 11) is -5.72. The summed E-state index contributed by atoms with van der Waals surface area (Å²) in [6.07, 6.45) is 4.47. The summed E-state index contributed by atoms with van der Waals surface area (Å²) >= 11 is 0. The number of aromatic nitrogens is 2. The number of primary amides is 1. The number of sulfonamides is 2. The number of rotatable bonds is 6. The van der Waals surface area contributed by atoms with E-state index in [-0.39, 0.29) is 28.6 Å². The Bertz CT molecular complexity index is 1210. The van der Waals surface area contributed by atoms with Crippen LogP contribution in [0.1, 0.15) is 23.3 Å². The molecule has 2 N–H and O–H groups in total. The number of nitrogens with two attached hydrogens (primary N) is 1. The maximum absolute atomic E-state index is 13.0. The van der Waals surface area contributed by atoms with Gasteiger partial charge in [0.05, 0.1) is 0 Å². The number of nitrogens with zero attached hydrogens (tertiary/aromatic N) is 5. The fourth-order valence-corrected chi connectivity index (χ4v) is 6.97. The molecule has 2 aromatic heterocycles. The molecule has 1 amide bonds. The molecule has 2 fully saturated rings. The summed E-state index contributed by atoms with van der Waals surface area (Å²) in [5.74, 6) is -0.0989. The molecule has 0 radical (unpaired) electrons. The van der Waals surface area contributed by atoms with Crippen LogP contribution in [-0.4, -0.2) is 80.2 Å². The van der Waals surface area contributed by atoms with Gasteiger partial charge in [0.15, 0.2) is 0 Å². The van der Waals surface area contributed by atoms with E-state index in [0.29, 0.717) is 32.0 Å². The number of pyridine rings is 1. The third kappa shape index (κ3) is 4.12. The second-order valence-corrected chi connectivity index (χ2v) is 11.8. The van der Waals surface area contributed by atoms with Gasteiger partial charge in [-0.05, 0) is 31.0 Å². The number of anilines is 1. The van der Waals surface area contributed by atoms with Crippen LogP contribution in [0.25, 0.3) is 0 Å². The molecular weight excluding hydrogens is 456 g/mol. The van der Waals surface area contributed by atoms with Crippen LogP contribution < -0.4 is 10.6 Å². The second kappa shape index (κ2) is 8.46. The molecule has 0 atom stereocenters. The first-order valence-electron chi connectivity index (χ1n) is 10.3. The highest BCUT2D eigenvalue weighted by Gasteiger charge is 2.31. The van der Waals surface area contributed by atoms with Crippen molar-refractivity contribution in [2.75, 3.05) is 44.2 Å². The fourth-order valence-electron chi connectivity index (χ4n) is 4.02. The Morgan fingerprint density at radius 2 is 1.50 bits per heavy atom. The Balaban J connectivity index is 1.43. The van der Waals surface area contributed by atoms with E-state index in [1.165, 1.54) is 31.6 Å². The highest BCUT2D eigenvalue weighted by atomic mass is 32.2. The molecule has 2 saturated heterocycles. The number of aryl methyl sites for hydroxylation is 1. The maximum Gasteiger partial charge on any atom is 0.265 e. The van der Waals surface area contributed by atoms with Gasteiger partial charge in [0.2, 0.25) is 20.0 Å². The van der Waals surface area contributed by atoms with Crippen molar-refractivity contribution in [3.63, 3.8) is 0 Å². The van der Waals surface area contributed by atoms with Crippen LogP contribution in [0, 0.1) is 0 Å². The lowest BCUT2D eigenvalue weighted by atomic mass is 10.3. The summed E-state index contributed by atoms with van der Waals surface area (Å²) in [6.45, 7) is 2.34. The topological polar surface area (TPSA) is 139 Å². The summed E-state index contributed by atoms with van der Waals surface area (Å²) in [5.41, 5.74) is 5.40. The number of hydrogen-bond acceptors (Lipinski definition) is 7. The molecule has 2 aromatic rings. The molecular formula is C19H26N6O5S2. The van der Waals surface area contributed by atoms with Crippen LogP contribution in [0.3, 0.4) is 0 Å². The molecule has 2 aliphatic heterocycles. The Hall–Kier alpha value is -2.48. The zero-order valence-corrected chi connectivity index (χ0v) is 19.3. The van der Waals surface area contributed by atoms with E-state index in [9.17, 15) is 21.6 Å². The number of carbonyl (C=O) groups excluding carboxylic acids is 1. The summed E-state index contributed by atoms with van der Waals surface area (Å²) in [5, 5.41) is 0. The lowest BCUT2D eigenvalue weighted by molar-refractivity contribution is 0.0992. The van der Waals surface area contributed by atoms with Crippen LogP contribution >= 0.6 is 0 Å².